The number of amides is 1. The van der Waals surface area contributed by atoms with Crippen LogP contribution >= 0.6 is 27.7 Å². The number of hydrogen-bond acceptors (Lipinski definition) is 2. The maximum atomic E-state index is 11.9. The molecule has 0 unspecified atom stereocenters. The van der Waals surface area contributed by atoms with Crippen molar-refractivity contribution >= 4 is 33.6 Å². The first-order valence-electron chi connectivity index (χ1n) is 7.28. The predicted molar refractivity (Wildman–Crippen MR) is 98.2 cm³/mol. The average molecular weight is 378 g/mol. The molecule has 0 radical (unpaired) electrons. The van der Waals surface area contributed by atoms with Crippen molar-refractivity contribution < 1.29 is 4.79 Å². The van der Waals surface area contributed by atoms with Gasteiger partial charge < -0.3 is 5.32 Å². The third-order valence-electron chi connectivity index (χ3n) is 3.17. The number of rotatable bonds is 7. The lowest BCUT2D eigenvalue weighted by Gasteiger charge is -2.06. The van der Waals surface area contributed by atoms with Crippen LogP contribution in [-0.2, 0) is 17.0 Å². The van der Waals surface area contributed by atoms with Crippen LogP contribution in [0.15, 0.2) is 53.0 Å². The molecule has 2 nitrogen and oxygen atoms in total. The van der Waals surface area contributed by atoms with Crippen molar-refractivity contribution in [1.29, 1.82) is 0 Å². The summed E-state index contributed by atoms with van der Waals surface area (Å²) >= 11 is 5.26. The second-order valence-electron chi connectivity index (χ2n) is 5.20. The lowest BCUT2D eigenvalue weighted by atomic mass is 10.1. The predicted octanol–water partition coefficient (Wildman–Crippen LogP) is 4.35. The minimum absolute atomic E-state index is 0.0780. The molecule has 0 aliphatic heterocycles. The number of carbonyl (C=O) groups is 1. The van der Waals surface area contributed by atoms with Crippen LogP contribution < -0.4 is 5.32 Å². The zero-order valence-corrected chi connectivity index (χ0v) is 15.0. The molecular formula is C18H20BrNOS. The van der Waals surface area contributed by atoms with E-state index >= 15 is 0 Å². The Bertz CT molecular complexity index is 630. The number of carbonyl (C=O) groups excluding carboxylic acids is 1. The summed E-state index contributed by atoms with van der Waals surface area (Å²) in [5, 5.41) is 2.97. The van der Waals surface area contributed by atoms with E-state index in [-0.39, 0.29) is 5.91 Å². The zero-order chi connectivity index (χ0) is 15.8. The highest BCUT2D eigenvalue weighted by molar-refractivity contribution is 9.10. The maximum absolute atomic E-state index is 11.9. The number of benzene rings is 2. The highest BCUT2D eigenvalue weighted by Crippen LogP contribution is 2.13. The highest BCUT2D eigenvalue weighted by atomic mass is 79.9. The van der Waals surface area contributed by atoms with E-state index in [0.29, 0.717) is 13.0 Å². The van der Waals surface area contributed by atoms with Crippen molar-refractivity contribution in [2.75, 3.05) is 12.3 Å². The third-order valence-corrected chi connectivity index (χ3v) is 4.70. The van der Waals surface area contributed by atoms with E-state index in [1.165, 1.54) is 11.1 Å². The molecule has 0 fully saturated rings. The summed E-state index contributed by atoms with van der Waals surface area (Å²) in [6.07, 6.45) is 0.433. The monoisotopic (exact) mass is 377 g/mol. The number of halogens is 1. The van der Waals surface area contributed by atoms with Crippen LogP contribution in [0.3, 0.4) is 0 Å². The number of hydrogen-bond donors (Lipinski definition) is 1. The molecule has 2 aromatic carbocycles. The van der Waals surface area contributed by atoms with Crippen LogP contribution in [0.25, 0.3) is 0 Å². The van der Waals surface area contributed by atoms with Gasteiger partial charge in [0.05, 0.1) is 6.42 Å². The van der Waals surface area contributed by atoms with Gasteiger partial charge in [0.1, 0.15) is 0 Å². The molecule has 0 bridgehead atoms. The van der Waals surface area contributed by atoms with Gasteiger partial charge in [-0.2, -0.15) is 11.8 Å². The van der Waals surface area contributed by atoms with Gasteiger partial charge in [0.2, 0.25) is 5.91 Å². The smallest absolute Gasteiger partial charge is 0.224 e. The molecule has 1 amide bonds. The molecule has 0 saturated heterocycles. The molecule has 0 spiro atoms. The average Bonchev–Trinajstić information content (AvgIpc) is 2.47. The van der Waals surface area contributed by atoms with E-state index in [9.17, 15) is 4.79 Å². The van der Waals surface area contributed by atoms with Gasteiger partial charge in [0.15, 0.2) is 0 Å². The molecule has 1 N–H and O–H groups in total. The Hall–Kier alpha value is -1.26. The SMILES string of the molecule is Cc1cccc(CSCCNC(=O)Cc2cccc(Br)c2)c1. The van der Waals surface area contributed by atoms with Crippen molar-refractivity contribution in [3.05, 3.63) is 69.7 Å². The summed E-state index contributed by atoms with van der Waals surface area (Å²) < 4.78 is 1.01. The molecule has 0 aromatic heterocycles. The quantitative estimate of drug-likeness (QED) is 0.726. The second-order valence-corrected chi connectivity index (χ2v) is 7.22. The topological polar surface area (TPSA) is 29.1 Å². The van der Waals surface area contributed by atoms with E-state index in [0.717, 1.165) is 21.5 Å². The van der Waals surface area contributed by atoms with Crippen LogP contribution in [0.1, 0.15) is 16.7 Å². The minimum atomic E-state index is 0.0780. The van der Waals surface area contributed by atoms with Crippen molar-refractivity contribution in [2.24, 2.45) is 0 Å². The van der Waals surface area contributed by atoms with Gasteiger partial charge in [-0.25, -0.2) is 0 Å². The highest BCUT2D eigenvalue weighted by Gasteiger charge is 2.03. The molecule has 22 heavy (non-hydrogen) atoms. The lowest BCUT2D eigenvalue weighted by molar-refractivity contribution is -0.120. The standard InChI is InChI=1S/C18H20BrNOS/c1-14-4-2-6-16(10-14)13-22-9-8-20-18(21)12-15-5-3-7-17(19)11-15/h2-7,10-11H,8-9,12-13H2,1H3,(H,20,21). The molecule has 4 heteroatoms. The summed E-state index contributed by atoms with van der Waals surface area (Å²) in [5.74, 6) is 2.00. The van der Waals surface area contributed by atoms with Gasteiger partial charge in [0.25, 0.3) is 0 Å². The van der Waals surface area contributed by atoms with Gasteiger partial charge in [-0.05, 0) is 30.2 Å². The Labute approximate surface area is 144 Å². The summed E-state index contributed by atoms with van der Waals surface area (Å²) in [6, 6.07) is 16.4. The van der Waals surface area contributed by atoms with Crippen LogP contribution in [0.4, 0.5) is 0 Å². The molecule has 0 aliphatic carbocycles. The lowest BCUT2D eigenvalue weighted by Crippen LogP contribution is -2.27. The Morgan fingerprint density at radius 2 is 1.91 bits per heavy atom. The van der Waals surface area contributed by atoms with Gasteiger partial charge in [0, 0.05) is 22.5 Å². The summed E-state index contributed by atoms with van der Waals surface area (Å²) in [4.78, 5) is 11.9. The Morgan fingerprint density at radius 1 is 1.14 bits per heavy atom. The van der Waals surface area contributed by atoms with Crippen molar-refractivity contribution in [3.63, 3.8) is 0 Å². The number of aryl methyl sites for hydroxylation is 1. The Morgan fingerprint density at radius 3 is 2.68 bits per heavy atom. The summed E-state index contributed by atoms with van der Waals surface area (Å²) in [5.41, 5.74) is 3.66. The Kier molecular flexibility index (Phi) is 7.00. The van der Waals surface area contributed by atoms with E-state index in [4.69, 9.17) is 0 Å². The minimum Gasteiger partial charge on any atom is -0.355 e. The molecular weight excluding hydrogens is 358 g/mol. The second kappa shape index (κ2) is 9.01. The first-order valence-corrected chi connectivity index (χ1v) is 9.23. The first-order chi connectivity index (χ1) is 10.6. The van der Waals surface area contributed by atoms with Crippen molar-refractivity contribution in [2.45, 2.75) is 19.1 Å². The van der Waals surface area contributed by atoms with Gasteiger partial charge >= 0.3 is 0 Å². The van der Waals surface area contributed by atoms with Crippen molar-refractivity contribution in [3.8, 4) is 0 Å². The molecule has 116 valence electrons. The van der Waals surface area contributed by atoms with Crippen LogP contribution in [0.2, 0.25) is 0 Å². The van der Waals surface area contributed by atoms with E-state index in [1.54, 1.807) is 0 Å². The largest absolute Gasteiger partial charge is 0.355 e. The zero-order valence-electron chi connectivity index (χ0n) is 12.6. The molecule has 2 aromatic rings. The van der Waals surface area contributed by atoms with E-state index < -0.39 is 0 Å². The molecule has 0 heterocycles. The molecule has 0 atom stereocenters. The van der Waals surface area contributed by atoms with Crippen LogP contribution in [-0.4, -0.2) is 18.2 Å². The molecule has 0 saturated carbocycles. The third kappa shape index (κ3) is 6.24. The van der Waals surface area contributed by atoms with E-state index in [1.807, 2.05) is 36.0 Å². The fraction of sp³-hybridized carbons (Fsp3) is 0.278. The molecule has 0 aliphatic rings. The number of nitrogens with one attached hydrogen (secondary N) is 1. The van der Waals surface area contributed by atoms with Crippen LogP contribution in [0, 0.1) is 6.92 Å². The fourth-order valence-corrected chi connectivity index (χ4v) is 3.40. The van der Waals surface area contributed by atoms with E-state index in [2.05, 4.69) is 52.4 Å². The fourth-order valence-electron chi connectivity index (χ4n) is 2.15. The summed E-state index contributed by atoms with van der Waals surface area (Å²) in [6.45, 7) is 2.82. The summed E-state index contributed by atoms with van der Waals surface area (Å²) in [7, 11) is 0. The van der Waals surface area contributed by atoms with Gasteiger partial charge in [-0.15, -0.1) is 0 Å². The van der Waals surface area contributed by atoms with Gasteiger partial charge in [-0.3, -0.25) is 4.79 Å². The maximum Gasteiger partial charge on any atom is 0.224 e. The first kappa shape index (κ1) is 17.1. The van der Waals surface area contributed by atoms with Crippen LogP contribution in [0.5, 0.6) is 0 Å². The van der Waals surface area contributed by atoms with Crippen molar-refractivity contribution in [1.82, 2.24) is 5.32 Å². The number of thioether (sulfide) groups is 1. The Balaban J connectivity index is 1.63. The normalized spacial score (nSPS) is 10.5. The molecule has 2 rings (SSSR count). The van der Waals surface area contributed by atoms with Gasteiger partial charge in [-0.1, -0.05) is 57.9 Å².